The predicted octanol–water partition coefficient (Wildman–Crippen LogP) is 8.41. The number of imide groups is 1. The Kier molecular flexibility index (Phi) is 14.9. The third-order valence-corrected chi connectivity index (χ3v) is 17.3. The lowest BCUT2D eigenvalue weighted by atomic mass is 9.72. The molecule has 4 fully saturated rings. The number of rotatable bonds is 14. The fourth-order valence-corrected chi connectivity index (χ4v) is 12.9. The number of primary amides is 1. The summed E-state index contributed by atoms with van der Waals surface area (Å²) >= 11 is 6.73. The van der Waals surface area contributed by atoms with Crippen LogP contribution in [0, 0.1) is 34.6 Å². The number of benzene rings is 4. The number of halogens is 5. The van der Waals surface area contributed by atoms with Crippen LogP contribution in [0.3, 0.4) is 0 Å². The molecule has 0 spiro atoms. The molecule has 1 aromatic heterocycles. The Labute approximate surface area is 443 Å². The van der Waals surface area contributed by atoms with Crippen molar-refractivity contribution in [2.45, 2.75) is 95.1 Å². The number of likely N-dealkylation sites (tertiary alicyclic amines) is 2. The zero-order chi connectivity index (χ0) is 53.8. The zero-order valence-electron chi connectivity index (χ0n) is 42.8. The van der Waals surface area contributed by atoms with E-state index in [1.54, 1.807) is 7.05 Å². The summed E-state index contributed by atoms with van der Waals surface area (Å²) in [5, 5.41) is 19.5. The maximum atomic E-state index is 16.5. The number of hydrogen-bond acceptors (Lipinski definition) is 10. The molecular weight excluding hydrogens is 1010 g/mol. The molecule has 2 unspecified atom stereocenters. The monoisotopic (exact) mass is 1070 g/mol. The van der Waals surface area contributed by atoms with Crippen molar-refractivity contribution in [3.8, 4) is 22.6 Å². The second-order valence-electron chi connectivity index (χ2n) is 21.5. The minimum Gasteiger partial charge on any atom is -0.488 e. The molecule has 5 aromatic rings. The first-order valence-electron chi connectivity index (χ1n) is 26.3. The number of amides is 5. The number of piperidine rings is 2. The van der Waals surface area contributed by atoms with Crippen LogP contribution in [0.2, 0.25) is 5.02 Å². The number of anilines is 1. The highest BCUT2D eigenvalue weighted by Crippen LogP contribution is 2.57. The van der Waals surface area contributed by atoms with Crippen molar-refractivity contribution in [1.29, 1.82) is 0 Å². The zero-order valence-corrected chi connectivity index (χ0v) is 43.6. The fraction of sp³-hybridized carbons (Fsp3) is 0.482. The van der Waals surface area contributed by atoms with Gasteiger partial charge in [0, 0.05) is 91.9 Å². The van der Waals surface area contributed by atoms with E-state index < -0.39 is 69.7 Å². The molecule has 5 aliphatic rings. The number of aliphatic hydroxyl groups excluding tert-OH is 1. The van der Waals surface area contributed by atoms with Gasteiger partial charge in [-0.25, -0.2) is 22.4 Å². The van der Waals surface area contributed by atoms with E-state index >= 15 is 17.6 Å². The van der Waals surface area contributed by atoms with E-state index in [-0.39, 0.29) is 94.5 Å². The fourth-order valence-electron chi connectivity index (χ4n) is 12.6. The van der Waals surface area contributed by atoms with Crippen LogP contribution in [-0.4, -0.2) is 114 Å². The molecule has 0 radical (unpaired) electrons. The number of nitrogens with two attached hydrogens (primary N) is 1. The van der Waals surface area contributed by atoms with Gasteiger partial charge in [-0.3, -0.25) is 29.3 Å². The van der Waals surface area contributed by atoms with Crippen LogP contribution in [0.1, 0.15) is 111 Å². The highest BCUT2D eigenvalue weighted by atomic mass is 35.5. The second kappa shape index (κ2) is 21.3. The summed E-state index contributed by atoms with van der Waals surface area (Å²) in [6, 6.07) is 13.8. The van der Waals surface area contributed by atoms with Gasteiger partial charge in [-0.2, -0.15) is 5.10 Å². The summed E-state index contributed by atoms with van der Waals surface area (Å²) in [5.74, 6) is -5.01. The molecule has 1 saturated carbocycles. The molecule has 5 N–H and O–H groups in total. The molecule has 0 bridgehead atoms. The van der Waals surface area contributed by atoms with Gasteiger partial charge in [-0.1, -0.05) is 55.8 Å². The van der Waals surface area contributed by atoms with E-state index in [0.717, 1.165) is 24.9 Å². The molecule has 5 heterocycles. The Morgan fingerprint density at radius 3 is 2.30 bits per heavy atom. The molecule has 2 atom stereocenters. The van der Waals surface area contributed by atoms with Gasteiger partial charge < -0.3 is 35.4 Å². The molecule has 15 nitrogen and oxygen atoms in total. The Morgan fingerprint density at radius 2 is 1.63 bits per heavy atom. The van der Waals surface area contributed by atoms with Gasteiger partial charge in [0.05, 0.1) is 22.6 Å². The van der Waals surface area contributed by atoms with Gasteiger partial charge in [0.15, 0.2) is 28.8 Å². The number of aliphatic hydroxyl groups is 1. The van der Waals surface area contributed by atoms with E-state index in [2.05, 4.69) is 27.6 Å². The van der Waals surface area contributed by atoms with Gasteiger partial charge in [-0.15, -0.1) is 0 Å². The van der Waals surface area contributed by atoms with Gasteiger partial charge in [-0.05, 0) is 100 Å². The van der Waals surface area contributed by atoms with Crippen molar-refractivity contribution >= 4 is 52.1 Å². The van der Waals surface area contributed by atoms with Crippen LogP contribution in [0.15, 0.2) is 54.6 Å². The van der Waals surface area contributed by atoms with E-state index in [1.807, 2.05) is 42.2 Å². The van der Waals surface area contributed by atoms with E-state index in [4.69, 9.17) is 26.8 Å². The Morgan fingerprint density at radius 1 is 0.921 bits per heavy atom. The number of ether oxygens (including phenoxy) is 2. The molecule has 20 heteroatoms. The summed E-state index contributed by atoms with van der Waals surface area (Å²) in [6.07, 6.45) is 5.68. The third-order valence-electron chi connectivity index (χ3n) is 16.9. The Hall–Kier alpha value is -6.28. The van der Waals surface area contributed by atoms with Crippen molar-refractivity contribution in [3.63, 3.8) is 0 Å². The van der Waals surface area contributed by atoms with Gasteiger partial charge in [0.25, 0.3) is 0 Å². The molecule has 4 aromatic carbocycles. The molecule has 10 rings (SSSR count). The molecule has 3 saturated heterocycles. The first-order chi connectivity index (χ1) is 36.4. The van der Waals surface area contributed by atoms with Crippen LogP contribution in [0.5, 0.6) is 11.5 Å². The van der Waals surface area contributed by atoms with E-state index in [1.165, 1.54) is 33.8 Å². The molecule has 404 valence electrons. The topological polar surface area (TPSA) is 185 Å². The first-order valence-corrected chi connectivity index (χ1v) is 26.6. The lowest BCUT2D eigenvalue weighted by molar-refractivity contribution is -0.145. The van der Waals surface area contributed by atoms with E-state index in [9.17, 15) is 24.3 Å². The van der Waals surface area contributed by atoms with Crippen molar-refractivity contribution in [1.82, 2.24) is 30.2 Å². The highest BCUT2D eigenvalue weighted by molar-refractivity contribution is 6.34. The molecule has 4 aliphatic heterocycles. The second-order valence-corrected chi connectivity index (χ2v) is 21.9. The SMILES string of the molecule is CC1c2c(cc(F)c(Cl)c2-c2c(C(N)=O)ccc(OCCO)c2F)OC1(CNC1CCC(C)(C(=O)N2CCC(CN3CCC(c4c(F)cc5c(N6CCC(=O)NC6=O)nn(C)c5c4F)CC3)CC2)CC1)c1ccccc1. The maximum Gasteiger partial charge on any atom is 0.329 e. The number of hydrogen-bond donors (Lipinski definition) is 4. The lowest BCUT2D eigenvalue weighted by Crippen LogP contribution is -2.51. The summed E-state index contributed by atoms with van der Waals surface area (Å²) in [5.41, 5.74) is 4.76. The van der Waals surface area contributed by atoms with Crippen molar-refractivity contribution in [3.05, 3.63) is 105 Å². The normalized spacial score (nSPS) is 23.7. The third kappa shape index (κ3) is 9.65. The number of nitrogens with zero attached hydrogens (tertiary/aromatic N) is 5. The summed E-state index contributed by atoms with van der Waals surface area (Å²) < 4.78 is 78.1. The number of urea groups is 1. The molecule has 5 amide bonds. The quantitative estimate of drug-likeness (QED) is 0.0788. The Balaban J connectivity index is 0.751. The number of aromatic nitrogens is 2. The molecular formula is C56H63ClF4N8O7. The minimum atomic E-state index is -1.14. The van der Waals surface area contributed by atoms with Crippen LogP contribution in [-0.2, 0) is 22.2 Å². The number of carbonyl (C=O) groups is 4. The summed E-state index contributed by atoms with van der Waals surface area (Å²) in [4.78, 5) is 57.0. The van der Waals surface area contributed by atoms with Crippen molar-refractivity contribution < 1.29 is 51.3 Å². The average Bonchev–Trinajstić information content (AvgIpc) is 3.94. The average molecular weight is 1070 g/mol. The van der Waals surface area contributed by atoms with Gasteiger partial charge in [0.1, 0.15) is 29.5 Å². The summed E-state index contributed by atoms with van der Waals surface area (Å²) in [6.45, 7) is 7.16. The smallest absolute Gasteiger partial charge is 0.329 e. The minimum absolute atomic E-state index is 0.0111. The van der Waals surface area contributed by atoms with Crippen LogP contribution >= 0.6 is 11.6 Å². The highest BCUT2D eigenvalue weighted by Gasteiger charge is 2.51. The van der Waals surface area contributed by atoms with Gasteiger partial charge >= 0.3 is 6.03 Å². The maximum absolute atomic E-state index is 16.5. The Bertz CT molecular complexity index is 3080. The van der Waals surface area contributed by atoms with Crippen molar-refractivity contribution in [2.75, 3.05) is 63.9 Å². The van der Waals surface area contributed by atoms with E-state index in [0.29, 0.717) is 76.2 Å². The van der Waals surface area contributed by atoms with Crippen LogP contribution in [0.4, 0.5) is 28.2 Å². The largest absolute Gasteiger partial charge is 0.488 e. The molecule has 76 heavy (non-hydrogen) atoms. The van der Waals surface area contributed by atoms with Gasteiger partial charge in [0.2, 0.25) is 17.7 Å². The lowest BCUT2D eigenvalue weighted by Gasteiger charge is -2.43. The number of aryl methyl sites for hydroxylation is 1. The first kappa shape index (κ1) is 53.1. The van der Waals surface area contributed by atoms with Crippen LogP contribution < -0.4 is 30.7 Å². The summed E-state index contributed by atoms with van der Waals surface area (Å²) in [7, 11) is 1.56. The van der Waals surface area contributed by atoms with Crippen molar-refractivity contribution in [2.24, 2.45) is 24.1 Å². The number of nitrogens with one attached hydrogen (secondary N) is 2. The number of carbonyl (C=O) groups excluding carboxylic acids is 4. The predicted molar refractivity (Wildman–Crippen MR) is 277 cm³/mol. The number of fused-ring (bicyclic) bond motifs is 2. The molecule has 1 aliphatic carbocycles. The van der Waals surface area contributed by atoms with Crippen LogP contribution in [0.25, 0.3) is 22.0 Å². The standard InChI is InChI=1S/C56H63ClF4N8O7/c1-31-43-41(28-39(59)47(57)46(43)45-36(51(62)72)9-10-40(48(45)60)75-26-25-70)76-56(31,34-7-5-4-6-8-34)30-63-35-11-18-55(2,19-12-35)53(73)68-22-13-32(14-23-68)29-67-20-15-33(16-21-67)44-38(58)27-37-50(49(44)61)66(3)65-52(37)69-24-17-42(71)64-54(69)74/h4-10,27-28,31-33,35,63,70H,11-26,29-30H2,1-3H3,(H2,62,72)(H,64,71,74).